The van der Waals surface area contributed by atoms with Crippen LogP contribution in [0.25, 0.3) is 11.8 Å². The minimum Gasteiger partial charge on any atom is -0.289 e. The zero-order valence-corrected chi connectivity index (χ0v) is 13.5. The maximum absolute atomic E-state index is 13.0. The number of carbonyl (C=O) groups is 1. The number of benzene rings is 2. The van der Waals surface area contributed by atoms with Gasteiger partial charge in [0.25, 0.3) is 0 Å². The van der Waals surface area contributed by atoms with Crippen LogP contribution >= 0.6 is 0 Å². The fourth-order valence-electron chi connectivity index (χ4n) is 2.42. The van der Waals surface area contributed by atoms with Crippen molar-refractivity contribution in [1.82, 2.24) is 9.78 Å². The van der Waals surface area contributed by atoms with Crippen molar-refractivity contribution in [2.75, 3.05) is 0 Å². The largest absolute Gasteiger partial charge is 0.289 e. The van der Waals surface area contributed by atoms with Crippen LogP contribution in [0, 0.1) is 24.1 Å². The lowest BCUT2D eigenvalue weighted by molar-refractivity contribution is 0.104. The first-order chi connectivity index (χ1) is 12.1. The zero-order valence-electron chi connectivity index (χ0n) is 13.5. The van der Waals surface area contributed by atoms with E-state index in [1.807, 2.05) is 6.07 Å². The first-order valence-electron chi connectivity index (χ1n) is 7.61. The molecular weight excluding hydrogens is 317 g/mol. The number of hydrogen-bond donors (Lipinski definition) is 0. The molecule has 5 heteroatoms. The van der Waals surface area contributed by atoms with E-state index in [0.717, 1.165) is 5.56 Å². The Hall–Kier alpha value is -3.52. The minimum atomic E-state index is -0.324. The fourth-order valence-corrected chi connectivity index (χ4v) is 2.42. The average molecular weight is 331 g/mol. The Morgan fingerprint density at radius 1 is 1.16 bits per heavy atom. The van der Waals surface area contributed by atoms with E-state index >= 15 is 0 Å². The summed E-state index contributed by atoms with van der Waals surface area (Å²) in [5.74, 6) is -0.495. The second kappa shape index (κ2) is 6.93. The molecule has 0 saturated heterocycles. The SMILES string of the molecule is Cc1c(C(=O)C=Cc2ccc(C#N)cc2)cnn1-c1ccc(F)cc1. The predicted octanol–water partition coefficient (Wildman–Crippen LogP) is 4.09. The maximum atomic E-state index is 13.0. The van der Waals surface area contributed by atoms with E-state index < -0.39 is 0 Å². The van der Waals surface area contributed by atoms with Crippen molar-refractivity contribution in [3.63, 3.8) is 0 Å². The van der Waals surface area contributed by atoms with Crippen molar-refractivity contribution < 1.29 is 9.18 Å². The molecule has 4 nitrogen and oxygen atoms in total. The molecule has 0 spiro atoms. The van der Waals surface area contributed by atoms with Crippen LogP contribution in [0.2, 0.25) is 0 Å². The van der Waals surface area contributed by atoms with E-state index in [-0.39, 0.29) is 11.6 Å². The van der Waals surface area contributed by atoms with Crippen LogP contribution in [0.1, 0.15) is 27.2 Å². The molecule has 0 aliphatic carbocycles. The normalized spacial score (nSPS) is 10.8. The zero-order chi connectivity index (χ0) is 17.8. The van der Waals surface area contributed by atoms with E-state index in [4.69, 9.17) is 5.26 Å². The monoisotopic (exact) mass is 331 g/mol. The minimum absolute atomic E-state index is 0.171. The average Bonchev–Trinajstić information content (AvgIpc) is 3.02. The lowest BCUT2D eigenvalue weighted by Gasteiger charge is -2.04. The summed E-state index contributed by atoms with van der Waals surface area (Å²) >= 11 is 0. The van der Waals surface area contributed by atoms with Crippen LogP contribution in [0.5, 0.6) is 0 Å². The second-order valence-corrected chi connectivity index (χ2v) is 5.46. The van der Waals surface area contributed by atoms with Crippen molar-refractivity contribution >= 4 is 11.9 Å². The number of ketones is 1. The number of nitrogens with zero attached hydrogens (tertiary/aromatic N) is 3. The number of nitriles is 1. The summed E-state index contributed by atoms with van der Waals surface area (Å²) in [6.45, 7) is 1.79. The Kier molecular flexibility index (Phi) is 4.53. The highest BCUT2D eigenvalue weighted by Crippen LogP contribution is 2.16. The van der Waals surface area contributed by atoms with E-state index in [2.05, 4.69) is 5.10 Å². The molecule has 1 heterocycles. The number of hydrogen-bond acceptors (Lipinski definition) is 3. The highest BCUT2D eigenvalue weighted by Gasteiger charge is 2.13. The van der Waals surface area contributed by atoms with Gasteiger partial charge in [-0.15, -0.1) is 0 Å². The van der Waals surface area contributed by atoms with Gasteiger partial charge >= 0.3 is 0 Å². The third-order valence-electron chi connectivity index (χ3n) is 3.81. The molecule has 0 N–H and O–H groups in total. The highest BCUT2D eigenvalue weighted by atomic mass is 19.1. The summed E-state index contributed by atoms with van der Waals surface area (Å²) in [4.78, 5) is 12.4. The lowest BCUT2D eigenvalue weighted by atomic mass is 10.1. The smallest absolute Gasteiger partial charge is 0.189 e. The van der Waals surface area contributed by atoms with E-state index in [1.165, 1.54) is 24.4 Å². The fraction of sp³-hybridized carbons (Fsp3) is 0.0500. The van der Waals surface area contributed by atoms with Gasteiger partial charge in [0.05, 0.1) is 34.8 Å². The second-order valence-electron chi connectivity index (χ2n) is 5.46. The van der Waals surface area contributed by atoms with Crippen LogP contribution in [0.4, 0.5) is 4.39 Å². The number of carbonyl (C=O) groups excluding carboxylic acids is 1. The number of halogens is 1. The van der Waals surface area contributed by atoms with Gasteiger partial charge in [-0.05, 0) is 55.0 Å². The molecule has 0 amide bonds. The first-order valence-corrected chi connectivity index (χ1v) is 7.61. The quantitative estimate of drug-likeness (QED) is 0.534. The summed E-state index contributed by atoms with van der Waals surface area (Å²) in [6.07, 6.45) is 4.67. The molecule has 3 rings (SSSR count). The van der Waals surface area contributed by atoms with Gasteiger partial charge < -0.3 is 0 Å². The van der Waals surface area contributed by atoms with E-state index in [0.29, 0.717) is 22.5 Å². The summed E-state index contributed by atoms with van der Waals surface area (Å²) < 4.78 is 14.6. The Bertz CT molecular complexity index is 977. The van der Waals surface area contributed by atoms with E-state index in [1.54, 1.807) is 54.1 Å². The Morgan fingerprint density at radius 3 is 2.48 bits per heavy atom. The summed E-state index contributed by atoms with van der Waals surface area (Å²) in [7, 11) is 0. The molecule has 0 aliphatic rings. The number of rotatable bonds is 4. The van der Waals surface area contributed by atoms with Crippen molar-refractivity contribution in [3.8, 4) is 11.8 Å². The van der Waals surface area contributed by atoms with Crippen molar-refractivity contribution in [2.24, 2.45) is 0 Å². The van der Waals surface area contributed by atoms with Gasteiger partial charge in [-0.1, -0.05) is 18.2 Å². The van der Waals surface area contributed by atoms with Crippen LogP contribution in [-0.2, 0) is 0 Å². The molecule has 0 saturated carbocycles. The third-order valence-corrected chi connectivity index (χ3v) is 3.81. The molecule has 1 aromatic heterocycles. The molecular formula is C20H14FN3O. The molecule has 0 atom stereocenters. The Morgan fingerprint density at radius 2 is 1.84 bits per heavy atom. The molecule has 3 aromatic rings. The number of aromatic nitrogens is 2. The van der Waals surface area contributed by atoms with Gasteiger partial charge in [-0.25, -0.2) is 9.07 Å². The summed E-state index contributed by atoms with van der Waals surface area (Å²) in [5.41, 5.74) is 3.25. The Balaban J connectivity index is 1.82. The van der Waals surface area contributed by atoms with Crippen molar-refractivity contribution in [3.05, 3.63) is 89.0 Å². The van der Waals surface area contributed by atoms with Crippen molar-refractivity contribution in [1.29, 1.82) is 5.26 Å². The molecule has 0 radical (unpaired) electrons. The van der Waals surface area contributed by atoms with Crippen LogP contribution in [0.3, 0.4) is 0 Å². The standard InChI is InChI=1S/C20H14FN3O/c1-14-19(13-23-24(14)18-9-7-17(21)8-10-18)20(25)11-6-15-2-4-16(12-22)5-3-15/h2-11,13H,1H3. The Labute approximate surface area is 144 Å². The molecule has 2 aromatic carbocycles. The summed E-state index contributed by atoms with van der Waals surface area (Å²) in [6, 6.07) is 14.9. The van der Waals surface area contributed by atoms with Gasteiger partial charge in [0.2, 0.25) is 0 Å². The molecule has 122 valence electrons. The van der Waals surface area contributed by atoms with E-state index in [9.17, 15) is 9.18 Å². The van der Waals surface area contributed by atoms with Gasteiger partial charge in [0.15, 0.2) is 5.78 Å². The lowest BCUT2D eigenvalue weighted by Crippen LogP contribution is -2.01. The maximum Gasteiger partial charge on any atom is 0.189 e. The van der Waals surface area contributed by atoms with Gasteiger partial charge in [0, 0.05) is 0 Å². The summed E-state index contributed by atoms with van der Waals surface area (Å²) in [5, 5.41) is 13.0. The van der Waals surface area contributed by atoms with Crippen LogP contribution in [0.15, 0.2) is 60.8 Å². The molecule has 25 heavy (non-hydrogen) atoms. The predicted molar refractivity (Wildman–Crippen MR) is 92.8 cm³/mol. The van der Waals surface area contributed by atoms with Gasteiger partial charge in [0.1, 0.15) is 5.82 Å². The van der Waals surface area contributed by atoms with Crippen LogP contribution in [-0.4, -0.2) is 15.6 Å². The highest BCUT2D eigenvalue weighted by molar-refractivity contribution is 6.07. The first kappa shape index (κ1) is 16.3. The molecule has 0 fully saturated rings. The molecule has 0 aliphatic heterocycles. The van der Waals surface area contributed by atoms with Crippen LogP contribution < -0.4 is 0 Å². The van der Waals surface area contributed by atoms with Gasteiger partial charge in [-0.3, -0.25) is 4.79 Å². The number of allylic oxidation sites excluding steroid dienone is 1. The third kappa shape index (κ3) is 3.54. The van der Waals surface area contributed by atoms with Gasteiger partial charge in [-0.2, -0.15) is 10.4 Å². The van der Waals surface area contributed by atoms with Crippen molar-refractivity contribution in [2.45, 2.75) is 6.92 Å². The molecule has 0 unspecified atom stereocenters. The topological polar surface area (TPSA) is 58.7 Å². The molecule has 0 bridgehead atoms.